The van der Waals surface area contributed by atoms with Gasteiger partial charge in [0.25, 0.3) is 0 Å². The minimum absolute atomic E-state index is 0.0598. The van der Waals surface area contributed by atoms with Crippen molar-refractivity contribution in [3.63, 3.8) is 0 Å². The van der Waals surface area contributed by atoms with Crippen molar-refractivity contribution < 1.29 is 27.4 Å². The quantitative estimate of drug-likeness (QED) is 0.748. The second kappa shape index (κ2) is 5.93. The van der Waals surface area contributed by atoms with Gasteiger partial charge in [-0.3, -0.25) is 0 Å². The summed E-state index contributed by atoms with van der Waals surface area (Å²) in [5.41, 5.74) is 0.661. The Hall–Kier alpha value is -1.98. The van der Waals surface area contributed by atoms with Gasteiger partial charge >= 0.3 is 12.8 Å². The number of halogens is 3. The third kappa shape index (κ3) is 5.60. The van der Waals surface area contributed by atoms with Crippen molar-refractivity contribution in [2.45, 2.75) is 6.36 Å². The Morgan fingerprint density at radius 2 is 1.88 bits per heavy atom. The van der Waals surface area contributed by atoms with Crippen LogP contribution < -0.4 is 4.74 Å². The average Bonchev–Trinajstić information content (AvgIpc) is 2.25. The van der Waals surface area contributed by atoms with Crippen molar-refractivity contribution in [2.75, 3.05) is 6.61 Å². The number of ether oxygens (including phenoxy) is 2. The Morgan fingerprint density at radius 1 is 1.24 bits per heavy atom. The number of hydrogen-bond acceptors (Lipinski definition) is 3. The van der Waals surface area contributed by atoms with Gasteiger partial charge in [0.2, 0.25) is 0 Å². The summed E-state index contributed by atoms with van der Waals surface area (Å²) in [6.07, 6.45) is -1.57. The third-order valence-corrected chi connectivity index (χ3v) is 1.66. The normalized spacial score (nSPS) is 11.5. The van der Waals surface area contributed by atoms with Gasteiger partial charge in [-0.05, 0) is 23.8 Å². The fourth-order valence-electron chi connectivity index (χ4n) is 1.05. The van der Waals surface area contributed by atoms with E-state index in [0.717, 1.165) is 0 Å². The SMILES string of the molecule is O=[C]OC/C=C/c1ccc(OC(F)(F)F)cc1. The van der Waals surface area contributed by atoms with E-state index in [0.29, 0.717) is 5.56 Å². The van der Waals surface area contributed by atoms with Gasteiger partial charge < -0.3 is 9.47 Å². The first kappa shape index (κ1) is 13.1. The summed E-state index contributed by atoms with van der Waals surface area (Å²) in [6.45, 7) is 1.30. The van der Waals surface area contributed by atoms with Crippen molar-refractivity contribution in [1.29, 1.82) is 0 Å². The van der Waals surface area contributed by atoms with E-state index >= 15 is 0 Å². The van der Waals surface area contributed by atoms with Crippen LogP contribution in [-0.2, 0) is 9.53 Å². The molecule has 6 heteroatoms. The number of rotatable bonds is 5. The van der Waals surface area contributed by atoms with Crippen LogP contribution in [0.2, 0.25) is 0 Å². The molecule has 0 saturated heterocycles. The van der Waals surface area contributed by atoms with E-state index in [-0.39, 0.29) is 12.4 Å². The summed E-state index contributed by atoms with van der Waals surface area (Å²) >= 11 is 0. The molecule has 3 nitrogen and oxygen atoms in total. The molecule has 17 heavy (non-hydrogen) atoms. The molecule has 0 unspecified atom stereocenters. The average molecular weight is 245 g/mol. The van der Waals surface area contributed by atoms with Crippen LogP contribution in [0.3, 0.4) is 0 Å². The first-order valence-corrected chi connectivity index (χ1v) is 4.52. The minimum atomic E-state index is -4.69. The highest BCUT2D eigenvalue weighted by molar-refractivity contribution is 5.51. The highest BCUT2D eigenvalue weighted by Gasteiger charge is 2.30. The van der Waals surface area contributed by atoms with E-state index in [1.165, 1.54) is 36.8 Å². The number of hydrogen-bond donors (Lipinski definition) is 0. The molecule has 0 amide bonds. The predicted octanol–water partition coefficient (Wildman–Crippen LogP) is 2.68. The first-order valence-electron chi connectivity index (χ1n) is 4.52. The lowest BCUT2D eigenvalue weighted by atomic mass is 10.2. The molecule has 0 N–H and O–H groups in total. The molecule has 1 radical (unpaired) electrons. The van der Waals surface area contributed by atoms with Crippen molar-refractivity contribution in [3.8, 4) is 5.75 Å². The molecule has 0 atom stereocenters. The minimum Gasteiger partial charge on any atom is -0.453 e. The van der Waals surface area contributed by atoms with E-state index in [2.05, 4.69) is 9.47 Å². The maximum atomic E-state index is 11.8. The van der Waals surface area contributed by atoms with E-state index in [1.807, 2.05) is 0 Å². The summed E-state index contributed by atoms with van der Waals surface area (Å²) in [7, 11) is 0. The predicted molar refractivity (Wildman–Crippen MR) is 53.8 cm³/mol. The summed E-state index contributed by atoms with van der Waals surface area (Å²) in [5.74, 6) is -0.285. The van der Waals surface area contributed by atoms with Crippen LogP contribution in [0.15, 0.2) is 30.3 Å². The summed E-state index contributed by atoms with van der Waals surface area (Å²) < 4.78 is 43.5. The summed E-state index contributed by atoms with van der Waals surface area (Å²) in [4.78, 5) is 9.69. The molecular formula is C11H8F3O3. The monoisotopic (exact) mass is 245 g/mol. The second-order valence-electron chi connectivity index (χ2n) is 2.91. The van der Waals surface area contributed by atoms with Crippen LogP contribution in [0.25, 0.3) is 6.08 Å². The van der Waals surface area contributed by atoms with Crippen LogP contribution in [0.5, 0.6) is 5.75 Å². The Balaban J connectivity index is 2.56. The fraction of sp³-hybridized carbons (Fsp3) is 0.182. The maximum absolute atomic E-state index is 11.8. The Labute approximate surface area is 95.5 Å². The molecule has 0 saturated carbocycles. The molecule has 0 bridgehead atoms. The van der Waals surface area contributed by atoms with Gasteiger partial charge in [0.1, 0.15) is 12.4 Å². The molecule has 0 fully saturated rings. The molecule has 0 heterocycles. The lowest BCUT2D eigenvalue weighted by molar-refractivity contribution is -0.274. The molecule has 0 aromatic heterocycles. The van der Waals surface area contributed by atoms with Crippen molar-refractivity contribution in [3.05, 3.63) is 35.9 Å². The maximum Gasteiger partial charge on any atom is 0.573 e. The van der Waals surface area contributed by atoms with Crippen LogP contribution in [0.1, 0.15) is 5.56 Å². The lowest BCUT2D eigenvalue weighted by Crippen LogP contribution is -2.16. The van der Waals surface area contributed by atoms with Gasteiger partial charge in [-0.2, -0.15) is 0 Å². The van der Waals surface area contributed by atoms with Crippen LogP contribution >= 0.6 is 0 Å². The molecule has 1 rings (SSSR count). The van der Waals surface area contributed by atoms with Crippen LogP contribution in [0, 0.1) is 0 Å². The van der Waals surface area contributed by atoms with E-state index in [9.17, 15) is 18.0 Å². The van der Waals surface area contributed by atoms with Crippen LogP contribution in [0.4, 0.5) is 13.2 Å². The Morgan fingerprint density at radius 3 is 2.41 bits per heavy atom. The standard InChI is InChI=1S/C11H8F3O3/c12-11(13,14)17-10-5-3-9(4-6-10)2-1-7-16-8-15/h1-6H,7H2/b2-1+. The Bertz CT molecular complexity index is 382. The molecule has 1 aromatic rings. The smallest absolute Gasteiger partial charge is 0.453 e. The van der Waals surface area contributed by atoms with Gasteiger partial charge in [0, 0.05) is 0 Å². The van der Waals surface area contributed by atoms with Gasteiger partial charge in [-0.1, -0.05) is 18.2 Å². The van der Waals surface area contributed by atoms with Gasteiger partial charge in [-0.25, -0.2) is 4.79 Å². The molecular weight excluding hydrogens is 237 g/mol. The van der Waals surface area contributed by atoms with Crippen LogP contribution in [-0.4, -0.2) is 19.4 Å². The zero-order chi connectivity index (χ0) is 12.7. The highest BCUT2D eigenvalue weighted by Crippen LogP contribution is 2.22. The fourth-order valence-corrected chi connectivity index (χ4v) is 1.05. The number of benzene rings is 1. The topological polar surface area (TPSA) is 35.5 Å². The number of carbonyl (C=O) groups excluding carboxylic acids is 1. The molecule has 0 spiro atoms. The summed E-state index contributed by atoms with van der Waals surface area (Å²) in [6, 6.07) is 5.28. The molecule has 0 aliphatic rings. The zero-order valence-electron chi connectivity index (χ0n) is 8.53. The van der Waals surface area contributed by atoms with E-state index < -0.39 is 6.36 Å². The van der Waals surface area contributed by atoms with Gasteiger partial charge in [-0.15, -0.1) is 13.2 Å². The van der Waals surface area contributed by atoms with Crippen molar-refractivity contribution >= 4 is 12.5 Å². The third-order valence-electron chi connectivity index (χ3n) is 1.66. The molecule has 0 aliphatic heterocycles. The van der Waals surface area contributed by atoms with Crippen molar-refractivity contribution in [1.82, 2.24) is 0 Å². The largest absolute Gasteiger partial charge is 0.573 e. The van der Waals surface area contributed by atoms with Gasteiger partial charge in [0.15, 0.2) is 0 Å². The van der Waals surface area contributed by atoms with Gasteiger partial charge in [0.05, 0.1) is 0 Å². The zero-order valence-corrected chi connectivity index (χ0v) is 8.53. The molecule has 91 valence electrons. The van der Waals surface area contributed by atoms with E-state index in [1.54, 1.807) is 6.08 Å². The first-order chi connectivity index (χ1) is 8.01. The van der Waals surface area contributed by atoms with E-state index in [4.69, 9.17) is 0 Å². The summed E-state index contributed by atoms with van der Waals surface area (Å²) in [5, 5.41) is 0. The molecule has 0 aliphatic carbocycles. The number of alkyl halides is 3. The highest BCUT2D eigenvalue weighted by atomic mass is 19.4. The molecule has 1 aromatic carbocycles. The van der Waals surface area contributed by atoms with Crippen molar-refractivity contribution in [2.24, 2.45) is 0 Å². The second-order valence-corrected chi connectivity index (χ2v) is 2.91. The lowest BCUT2D eigenvalue weighted by Gasteiger charge is -2.08. The Kier molecular flexibility index (Phi) is 4.56.